The first-order valence-electron chi connectivity index (χ1n) is 16.8. The monoisotopic (exact) mass is 715 g/mol. The Morgan fingerprint density at radius 2 is 1.35 bits per heavy atom. The fraction of sp³-hybridized carbons (Fsp3) is 0.333. The summed E-state index contributed by atoms with van der Waals surface area (Å²) in [4.78, 5) is 30.4. The number of rotatable bonds is 16. The molecule has 0 bridgehead atoms. The number of anilines is 1. The second-order valence-corrected chi connectivity index (χ2v) is 14.1. The number of carbonyl (C=O) groups excluding carboxylic acids is 2. The second-order valence-electron chi connectivity index (χ2n) is 12.3. The van der Waals surface area contributed by atoms with Crippen molar-refractivity contribution in [2.24, 2.45) is 0 Å². The van der Waals surface area contributed by atoms with Gasteiger partial charge in [-0.25, -0.2) is 8.42 Å². The zero-order chi connectivity index (χ0) is 36.4. The van der Waals surface area contributed by atoms with Gasteiger partial charge in [-0.3, -0.25) is 13.9 Å². The van der Waals surface area contributed by atoms with Crippen molar-refractivity contribution in [2.75, 3.05) is 39.3 Å². The molecule has 1 aliphatic rings. The van der Waals surface area contributed by atoms with Crippen LogP contribution in [0, 0.1) is 0 Å². The van der Waals surface area contributed by atoms with Crippen LogP contribution in [-0.2, 0) is 32.6 Å². The number of benzene rings is 4. The van der Waals surface area contributed by atoms with Crippen molar-refractivity contribution in [2.45, 2.75) is 55.6 Å². The van der Waals surface area contributed by atoms with Gasteiger partial charge in [0.1, 0.15) is 24.1 Å². The molecule has 0 radical (unpaired) electrons. The van der Waals surface area contributed by atoms with E-state index >= 15 is 0 Å². The van der Waals surface area contributed by atoms with Crippen LogP contribution in [0.15, 0.2) is 102 Å². The van der Waals surface area contributed by atoms with E-state index in [0.717, 1.165) is 41.1 Å². The second kappa shape index (κ2) is 17.1. The van der Waals surface area contributed by atoms with E-state index in [1.807, 2.05) is 60.7 Å². The standard InChI is InChI=1S/C39H45N3O8S/c1-47-31-19-21-35(48-2)33(24-31)42(51(45,46)32-20-22-36(49-3)37(25-32)50-4)27-38(43)41(26-29-15-9-6-10-16-29)34(23-28-13-7-5-8-14-28)39(44)40-30-17-11-12-18-30/h5-10,13-16,19-22,24-25,30,34H,11-12,17-18,23,26-27H2,1-4H3,(H,40,44)/t34-/m1/s1. The maximum absolute atomic E-state index is 14.9. The topological polar surface area (TPSA) is 124 Å². The molecule has 11 nitrogen and oxygen atoms in total. The molecule has 0 spiro atoms. The number of hydrogen-bond acceptors (Lipinski definition) is 8. The Hall–Kier alpha value is -5.23. The van der Waals surface area contributed by atoms with Crippen molar-refractivity contribution in [1.82, 2.24) is 10.2 Å². The molecule has 1 N–H and O–H groups in total. The van der Waals surface area contributed by atoms with Gasteiger partial charge in [-0.1, -0.05) is 73.5 Å². The van der Waals surface area contributed by atoms with Crippen molar-refractivity contribution in [1.29, 1.82) is 0 Å². The van der Waals surface area contributed by atoms with Crippen LogP contribution >= 0.6 is 0 Å². The van der Waals surface area contributed by atoms with Gasteiger partial charge in [0, 0.05) is 31.1 Å². The Kier molecular flexibility index (Phi) is 12.4. The molecule has 0 aromatic heterocycles. The summed E-state index contributed by atoms with van der Waals surface area (Å²) in [5, 5.41) is 3.19. The lowest BCUT2D eigenvalue weighted by atomic mass is 10.0. The van der Waals surface area contributed by atoms with Crippen LogP contribution in [0.5, 0.6) is 23.0 Å². The molecule has 4 aromatic rings. The van der Waals surface area contributed by atoms with Gasteiger partial charge in [-0.15, -0.1) is 0 Å². The Morgan fingerprint density at radius 1 is 0.745 bits per heavy atom. The summed E-state index contributed by atoms with van der Waals surface area (Å²) in [6, 6.07) is 26.8. The number of nitrogens with zero attached hydrogens (tertiary/aromatic N) is 2. The zero-order valence-electron chi connectivity index (χ0n) is 29.4. The summed E-state index contributed by atoms with van der Waals surface area (Å²) in [6.45, 7) is -0.593. The van der Waals surface area contributed by atoms with Crippen molar-refractivity contribution < 1.29 is 37.0 Å². The van der Waals surface area contributed by atoms with E-state index < -0.39 is 28.5 Å². The first-order chi connectivity index (χ1) is 24.7. The summed E-state index contributed by atoms with van der Waals surface area (Å²) in [5.41, 5.74) is 1.72. The molecule has 0 unspecified atom stereocenters. The molecule has 1 saturated carbocycles. The number of sulfonamides is 1. The van der Waals surface area contributed by atoms with E-state index in [4.69, 9.17) is 18.9 Å². The lowest BCUT2D eigenvalue weighted by molar-refractivity contribution is -0.140. The molecule has 270 valence electrons. The van der Waals surface area contributed by atoms with Crippen molar-refractivity contribution in [3.8, 4) is 23.0 Å². The molecule has 1 atom stereocenters. The van der Waals surface area contributed by atoms with Gasteiger partial charge >= 0.3 is 0 Å². The third-order valence-corrected chi connectivity index (χ3v) is 10.8. The van der Waals surface area contributed by atoms with E-state index in [-0.39, 0.29) is 47.0 Å². The lowest BCUT2D eigenvalue weighted by Gasteiger charge is -2.34. The minimum absolute atomic E-state index is 0.00687. The number of nitrogens with one attached hydrogen (secondary N) is 1. The first-order valence-corrected chi connectivity index (χ1v) is 18.3. The van der Waals surface area contributed by atoms with Gasteiger partial charge in [0.2, 0.25) is 11.8 Å². The molecule has 1 aliphatic carbocycles. The predicted octanol–water partition coefficient (Wildman–Crippen LogP) is 5.62. The first kappa shape index (κ1) is 37.0. The Balaban J connectivity index is 1.63. The fourth-order valence-corrected chi connectivity index (χ4v) is 7.74. The molecular weight excluding hydrogens is 671 g/mol. The maximum Gasteiger partial charge on any atom is 0.265 e. The van der Waals surface area contributed by atoms with Crippen LogP contribution in [0.3, 0.4) is 0 Å². The van der Waals surface area contributed by atoms with Crippen LogP contribution in [0.2, 0.25) is 0 Å². The molecule has 0 heterocycles. The Morgan fingerprint density at radius 3 is 1.96 bits per heavy atom. The van der Waals surface area contributed by atoms with Crippen molar-refractivity contribution in [3.63, 3.8) is 0 Å². The van der Waals surface area contributed by atoms with Crippen LogP contribution in [0.4, 0.5) is 5.69 Å². The predicted molar refractivity (Wildman–Crippen MR) is 195 cm³/mol. The SMILES string of the molecule is COc1ccc(OC)c(N(CC(=O)N(Cc2ccccc2)[C@H](Cc2ccccc2)C(=O)NC2CCCC2)S(=O)(=O)c2ccc(OC)c(OC)c2)c1. The van der Waals surface area contributed by atoms with Gasteiger partial charge in [0.25, 0.3) is 10.0 Å². The maximum atomic E-state index is 14.9. The highest BCUT2D eigenvalue weighted by Gasteiger charge is 2.37. The van der Waals surface area contributed by atoms with Crippen molar-refractivity contribution in [3.05, 3.63) is 108 Å². The van der Waals surface area contributed by atoms with E-state index in [2.05, 4.69) is 5.32 Å². The minimum atomic E-state index is -4.48. The molecule has 4 aromatic carbocycles. The summed E-state index contributed by atoms with van der Waals surface area (Å²) in [7, 11) is 1.26. The molecule has 12 heteroatoms. The average Bonchev–Trinajstić information content (AvgIpc) is 3.68. The fourth-order valence-electron chi connectivity index (χ4n) is 6.31. The molecule has 0 aliphatic heterocycles. The third kappa shape index (κ3) is 8.93. The number of amides is 2. The average molecular weight is 716 g/mol. The normalized spacial score (nSPS) is 13.6. The highest BCUT2D eigenvalue weighted by molar-refractivity contribution is 7.92. The van der Waals surface area contributed by atoms with Gasteiger partial charge in [0.05, 0.1) is 39.0 Å². The number of carbonyl (C=O) groups is 2. The number of ether oxygens (including phenoxy) is 4. The minimum Gasteiger partial charge on any atom is -0.497 e. The summed E-state index contributed by atoms with van der Waals surface area (Å²) >= 11 is 0. The summed E-state index contributed by atoms with van der Waals surface area (Å²) in [5.74, 6) is 0.203. The molecule has 1 fully saturated rings. The van der Waals surface area contributed by atoms with E-state index in [1.54, 1.807) is 12.1 Å². The smallest absolute Gasteiger partial charge is 0.265 e. The van der Waals surface area contributed by atoms with Crippen LogP contribution < -0.4 is 28.6 Å². The van der Waals surface area contributed by atoms with Gasteiger partial charge in [0.15, 0.2) is 11.5 Å². The van der Waals surface area contributed by atoms with Crippen LogP contribution in [-0.4, -0.2) is 72.2 Å². The molecule has 2 amide bonds. The summed E-state index contributed by atoms with van der Waals surface area (Å²) < 4.78 is 52.2. The molecule has 0 saturated heterocycles. The summed E-state index contributed by atoms with van der Waals surface area (Å²) in [6.07, 6.45) is 3.99. The third-order valence-electron chi connectivity index (χ3n) is 9.04. The van der Waals surface area contributed by atoms with Crippen molar-refractivity contribution >= 4 is 27.5 Å². The largest absolute Gasteiger partial charge is 0.497 e. The van der Waals surface area contributed by atoms with Gasteiger partial charge < -0.3 is 29.2 Å². The molecule has 51 heavy (non-hydrogen) atoms. The highest BCUT2D eigenvalue weighted by atomic mass is 32.2. The number of methoxy groups -OCH3 is 4. The Bertz CT molecular complexity index is 1880. The molecule has 5 rings (SSSR count). The highest BCUT2D eigenvalue weighted by Crippen LogP contribution is 2.38. The van der Waals surface area contributed by atoms with Crippen LogP contribution in [0.1, 0.15) is 36.8 Å². The van der Waals surface area contributed by atoms with E-state index in [0.29, 0.717) is 11.5 Å². The van der Waals surface area contributed by atoms with Crippen LogP contribution in [0.25, 0.3) is 0 Å². The van der Waals surface area contributed by atoms with Gasteiger partial charge in [-0.05, 0) is 48.2 Å². The molecular formula is C39H45N3O8S. The van der Waals surface area contributed by atoms with E-state index in [9.17, 15) is 18.0 Å². The quantitative estimate of drug-likeness (QED) is 0.159. The lowest BCUT2D eigenvalue weighted by Crippen LogP contribution is -2.54. The van der Waals surface area contributed by atoms with E-state index in [1.165, 1.54) is 57.6 Å². The van der Waals surface area contributed by atoms with Gasteiger partial charge in [-0.2, -0.15) is 0 Å². The number of hydrogen-bond donors (Lipinski definition) is 1. The Labute approximate surface area is 300 Å². The zero-order valence-corrected chi connectivity index (χ0v) is 30.2.